The third-order valence-corrected chi connectivity index (χ3v) is 17.9. The standard InChI is InChI=1S/C67H130O17P2/c1-9-59(7)45-37-29-23-25-32-40-48-65(70)78-54-62(83-66(71)49-41-33-22-16-14-12-11-13-15-19-27-35-43-57(3)4)55-81-85(73,74)79-51-61(68)52-80-86(75,76)82-56-63(84-67(72)50-42-34-26-24-30-38-46-60(8)10-2)53-77-64(69)47-39-31-21-18-17-20-28-36-44-58(5)6/h57-63,68H,9-56H2,1-8H3,(H,73,74)(H,75,76)/t59?,60?,61-,62+,63+/m0/s1. The van der Waals surface area contributed by atoms with Gasteiger partial charge in [-0.15, -0.1) is 0 Å². The number of hydrogen-bond donors (Lipinski definition) is 3. The zero-order valence-electron chi connectivity index (χ0n) is 55.9. The third-order valence-electron chi connectivity index (χ3n) is 16.0. The topological polar surface area (TPSA) is 237 Å². The van der Waals surface area contributed by atoms with Crippen LogP contribution >= 0.6 is 15.6 Å². The van der Waals surface area contributed by atoms with Gasteiger partial charge in [0, 0.05) is 25.7 Å². The Morgan fingerprint density at radius 2 is 0.558 bits per heavy atom. The lowest BCUT2D eigenvalue weighted by Gasteiger charge is -2.21. The summed E-state index contributed by atoms with van der Waals surface area (Å²) in [6.07, 6.45) is 37.6. The Kier molecular flexibility index (Phi) is 55.7. The fourth-order valence-corrected chi connectivity index (χ4v) is 11.5. The zero-order chi connectivity index (χ0) is 63.9. The van der Waals surface area contributed by atoms with Crippen molar-refractivity contribution in [1.82, 2.24) is 0 Å². The minimum atomic E-state index is -4.95. The van der Waals surface area contributed by atoms with Crippen molar-refractivity contribution in [2.24, 2.45) is 23.7 Å². The molecule has 17 nitrogen and oxygen atoms in total. The molecule has 0 radical (unpaired) electrons. The van der Waals surface area contributed by atoms with Crippen LogP contribution in [-0.4, -0.2) is 96.7 Å². The van der Waals surface area contributed by atoms with Gasteiger partial charge in [-0.2, -0.15) is 0 Å². The van der Waals surface area contributed by atoms with E-state index in [9.17, 15) is 43.2 Å². The molecule has 0 aromatic carbocycles. The van der Waals surface area contributed by atoms with Gasteiger partial charge in [0.1, 0.15) is 19.3 Å². The number of rotatable bonds is 64. The molecule has 0 saturated heterocycles. The predicted molar refractivity (Wildman–Crippen MR) is 344 cm³/mol. The summed E-state index contributed by atoms with van der Waals surface area (Å²) in [6, 6.07) is 0. The summed E-state index contributed by atoms with van der Waals surface area (Å²) in [4.78, 5) is 72.4. The largest absolute Gasteiger partial charge is 0.472 e. The Bertz CT molecular complexity index is 1720. The molecule has 0 aliphatic heterocycles. The first kappa shape index (κ1) is 84.1. The van der Waals surface area contributed by atoms with E-state index < -0.39 is 97.5 Å². The highest BCUT2D eigenvalue weighted by Crippen LogP contribution is 2.45. The Morgan fingerprint density at radius 3 is 0.826 bits per heavy atom. The number of hydrogen-bond acceptors (Lipinski definition) is 15. The molecule has 0 fully saturated rings. The molecule has 3 N–H and O–H groups in total. The van der Waals surface area contributed by atoms with Crippen LogP contribution in [-0.2, 0) is 65.4 Å². The smallest absolute Gasteiger partial charge is 0.462 e. The van der Waals surface area contributed by atoms with E-state index in [0.717, 1.165) is 120 Å². The second kappa shape index (κ2) is 57.0. The summed E-state index contributed by atoms with van der Waals surface area (Å²) >= 11 is 0. The second-order valence-corrected chi connectivity index (χ2v) is 28.6. The Balaban J connectivity index is 5.25. The third kappa shape index (κ3) is 58.4. The highest BCUT2D eigenvalue weighted by molar-refractivity contribution is 7.47. The molecular weight excluding hydrogens is 1140 g/mol. The summed E-state index contributed by atoms with van der Waals surface area (Å²) in [5.41, 5.74) is 0. The van der Waals surface area contributed by atoms with Crippen LogP contribution in [0.5, 0.6) is 0 Å². The van der Waals surface area contributed by atoms with Crippen LogP contribution in [0.2, 0.25) is 0 Å². The summed E-state index contributed by atoms with van der Waals surface area (Å²) < 4.78 is 68.1. The maximum atomic E-state index is 13.0. The zero-order valence-corrected chi connectivity index (χ0v) is 57.7. The number of phosphoric ester groups is 2. The monoisotopic (exact) mass is 1270 g/mol. The first-order chi connectivity index (χ1) is 41.2. The van der Waals surface area contributed by atoms with Crippen LogP contribution < -0.4 is 0 Å². The van der Waals surface area contributed by atoms with E-state index in [4.69, 9.17) is 37.0 Å². The van der Waals surface area contributed by atoms with E-state index in [1.807, 2.05) is 0 Å². The maximum Gasteiger partial charge on any atom is 0.472 e. The summed E-state index contributed by atoms with van der Waals surface area (Å²) in [5.74, 6) is 0.817. The molecular formula is C67H130O17P2. The van der Waals surface area contributed by atoms with E-state index in [1.165, 1.54) is 122 Å². The Labute approximate surface area is 524 Å². The number of aliphatic hydroxyl groups excluding tert-OH is 1. The molecule has 7 atom stereocenters. The van der Waals surface area contributed by atoms with E-state index in [2.05, 4.69) is 55.4 Å². The van der Waals surface area contributed by atoms with Gasteiger partial charge >= 0.3 is 39.5 Å². The van der Waals surface area contributed by atoms with Crippen molar-refractivity contribution in [1.29, 1.82) is 0 Å². The lowest BCUT2D eigenvalue weighted by molar-refractivity contribution is -0.161. The van der Waals surface area contributed by atoms with Gasteiger partial charge < -0.3 is 33.8 Å². The predicted octanol–water partition coefficient (Wildman–Crippen LogP) is 18.5. The van der Waals surface area contributed by atoms with Crippen LogP contribution in [0.4, 0.5) is 0 Å². The van der Waals surface area contributed by atoms with Crippen LogP contribution in [0.15, 0.2) is 0 Å². The van der Waals surface area contributed by atoms with E-state index in [-0.39, 0.29) is 25.7 Å². The van der Waals surface area contributed by atoms with Crippen molar-refractivity contribution < 1.29 is 80.2 Å². The maximum absolute atomic E-state index is 13.0. The van der Waals surface area contributed by atoms with Gasteiger partial charge in [-0.1, -0.05) is 274 Å². The second-order valence-electron chi connectivity index (χ2n) is 25.6. The summed E-state index contributed by atoms with van der Waals surface area (Å²) in [7, 11) is -9.90. The molecule has 19 heteroatoms. The average molecular weight is 1270 g/mol. The lowest BCUT2D eigenvalue weighted by Crippen LogP contribution is -2.30. The van der Waals surface area contributed by atoms with Gasteiger partial charge in [-0.05, 0) is 49.4 Å². The van der Waals surface area contributed by atoms with Gasteiger partial charge in [0.2, 0.25) is 0 Å². The molecule has 4 unspecified atom stereocenters. The van der Waals surface area contributed by atoms with Crippen molar-refractivity contribution in [3.05, 3.63) is 0 Å². The van der Waals surface area contributed by atoms with Crippen LogP contribution in [0.25, 0.3) is 0 Å². The number of unbranched alkanes of at least 4 members (excludes halogenated alkanes) is 28. The molecule has 0 amide bonds. The molecule has 0 aliphatic rings. The van der Waals surface area contributed by atoms with E-state index in [0.29, 0.717) is 25.7 Å². The van der Waals surface area contributed by atoms with Crippen LogP contribution in [0.1, 0.15) is 325 Å². The van der Waals surface area contributed by atoms with Crippen molar-refractivity contribution in [3.63, 3.8) is 0 Å². The molecule has 0 saturated carbocycles. The molecule has 0 rings (SSSR count). The highest BCUT2D eigenvalue weighted by Gasteiger charge is 2.30. The molecule has 0 bridgehead atoms. The minimum absolute atomic E-state index is 0.102. The van der Waals surface area contributed by atoms with Gasteiger partial charge in [0.25, 0.3) is 0 Å². The molecule has 0 aromatic heterocycles. The van der Waals surface area contributed by atoms with Gasteiger partial charge in [0.05, 0.1) is 26.4 Å². The lowest BCUT2D eigenvalue weighted by atomic mass is 10.00. The fourth-order valence-electron chi connectivity index (χ4n) is 9.89. The van der Waals surface area contributed by atoms with Crippen LogP contribution in [0.3, 0.4) is 0 Å². The van der Waals surface area contributed by atoms with Crippen molar-refractivity contribution in [3.8, 4) is 0 Å². The summed E-state index contributed by atoms with van der Waals surface area (Å²) in [6.45, 7) is 14.0. The first-order valence-electron chi connectivity index (χ1n) is 34.8. The number of esters is 4. The van der Waals surface area contributed by atoms with Gasteiger partial charge in [-0.3, -0.25) is 37.3 Å². The Morgan fingerprint density at radius 1 is 0.326 bits per heavy atom. The number of aliphatic hydroxyl groups is 1. The Hall–Kier alpha value is -1.94. The first-order valence-corrected chi connectivity index (χ1v) is 37.8. The number of carbonyl (C=O) groups is 4. The van der Waals surface area contributed by atoms with Gasteiger partial charge in [-0.25, -0.2) is 9.13 Å². The van der Waals surface area contributed by atoms with Crippen molar-refractivity contribution in [2.45, 2.75) is 343 Å². The van der Waals surface area contributed by atoms with E-state index >= 15 is 0 Å². The molecule has 510 valence electrons. The molecule has 0 heterocycles. The average Bonchev–Trinajstić information content (AvgIpc) is 3.65. The number of carbonyl (C=O) groups excluding carboxylic acids is 4. The number of phosphoric acid groups is 2. The molecule has 0 aliphatic carbocycles. The summed E-state index contributed by atoms with van der Waals surface area (Å²) in [5, 5.41) is 10.6. The minimum Gasteiger partial charge on any atom is -0.462 e. The SMILES string of the molecule is CCC(C)CCCCCCCCC(=O)OC[C@H](COP(=O)(O)OC[C@H](O)COP(=O)(O)OC[C@@H](COC(=O)CCCCCCCCCCC(C)C)OC(=O)CCCCCCCCC(C)CC)OC(=O)CCCCCCCCCCCCCCC(C)C. The van der Waals surface area contributed by atoms with Crippen molar-refractivity contribution >= 4 is 39.5 Å². The highest BCUT2D eigenvalue weighted by atomic mass is 31.2. The van der Waals surface area contributed by atoms with Crippen LogP contribution in [0, 0.1) is 23.7 Å². The van der Waals surface area contributed by atoms with E-state index in [1.54, 1.807) is 0 Å². The van der Waals surface area contributed by atoms with Crippen molar-refractivity contribution in [2.75, 3.05) is 39.6 Å². The number of ether oxygens (including phenoxy) is 4. The normalized spacial score (nSPS) is 15.0. The fraction of sp³-hybridized carbons (Fsp3) is 0.940. The molecule has 86 heavy (non-hydrogen) atoms. The molecule has 0 aromatic rings. The van der Waals surface area contributed by atoms with Gasteiger partial charge in [0.15, 0.2) is 12.2 Å². The quantitative estimate of drug-likeness (QED) is 0.0222. The molecule has 0 spiro atoms.